The number of halogens is 2. The molecule has 10 heteroatoms. The zero-order chi connectivity index (χ0) is 22.2. The Morgan fingerprint density at radius 2 is 1.88 bits per heavy atom. The van der Waals surface area contributed by atoms with E-state index in [1.54, 1.807) is 11.3 Å². The van der Waals surface area contributed by atoms with Gasteiger partial charge < -0.3 is 15.2 Å². The summed E-state index contributed by atoms with van der Waals surface area (Å²) in [6.07, 6.45) is -0.522. The van der Waals surface area contributed by atoms with Gasteiger partial charge in [-0.2, -0.15) is 13.9 Å². The molecule has 0 spiro atoms. The predicted octanol–water partition coefficient (Wildman–Crippen LogP) is 3.81. The van der Waals surface area contributed by atoms with E-state index in [1.807, 2.05) is 36.4 Å². The molecule has 2 N–H and O–H groups in total. The van der Waals surface area contributed by atoms with Crippen molar-refractivity contribution in [3.63, 3.8) is 0 Å². The Kier molecular flexibility index (Phi) is 5.24. The molecular formula is C22H18F2N4O3S. The zero-order valence-corrected chi connectivity index (χ0v) is 17.6. The predicted molar refractivity (Wildman–Crippen MR) is 117 cm³/mol. The number of hydrogen-bond acceptors (Lipinski definition) is 6. The lowest BCUT2D eigenvalue weighted by Crippen LogP contribution is -2.27. The number of nitrogens with two attached hydrogens (primary N) is 1. The summed E-state index contributed by atoms with van der Waals surface area (Å²) in [5.41, 5.74) is 6.62. The van der Waals surface area contributed by atoms with Crippen molar-refractivity contribution in [1.82, 2.24) is 14.3 Å². The van der Waals surface area contributed by atoms with Gasteiger partial charge in [0.1, 0.15) is 6.33 Å². The number of benzene rings is 2. The highest BCUT2D eigenvalue weighted by Crippen LogP contribution is 2.37. The molecular weight excluding hydrogens is 438 g/mol. The van der Waals surface area contributed by atoms with Gasteiger partial charge in [-0.3, -0.25) is 4.57 Å². The van der Waals surface area contributed by atoms with Crippen molar-refractivity contribution in [3.8, 4) is 22.6 Å². The number of nitrogens with zero attached hydrogens (tertiary/aromatic N) is 3. The lowest BCUT2D eigenvalue weighted by molar-refractivity contribution is 0.174. The van der Waals surface area contributed by atoms with Gasteiger partial charge in [0.05, 0.1) is 13.1 Å². The third kappa shape index (κ3) is 3.78. The van der Waals surface area contributed by atoms with E-state index in [1.165, 1.54) is 10.9 Å². The van der Waals surface area contributed by atoms with Crippen LogP contribution < -0.4 is 20.9 Å². The first-order valence-electron chi connectivity index (χ1n) is 9.79. The van der Waals surface area contributed by atoms with E-state index in [2.05, 4.69) is 11.2 Å². The molecule has 2 aromatic carbocycles. The van der Waals surface area contributed by atoms with Gasteiger partial charge in [0, 0.05) is 21.7 Å². The first-order valence-corrected chi connectivity index (χ1v) is 10.6. The minimum atomic E-state index is -1.88. The maximum atomic E-state index is 12.8. The summed E-state index contributed by atoms with van der Waals surface area (Å²) >= 11 is 1.57. The van der Waals surface area contributed by atoms with Crippen LogP contribution in [-0.4, -0.2) is 27.7 Å². The van der Waals surface area contributed by atoms with Crippen LogP contribution in [0.1, 0.15) is 4.88 Å². The summed E-state index contributed by atoms with van der Waals surface area (Å²) in [4.78, 5) is 13.5. The molecule has 0 saturated carbocycles. The summed E-state index contributed by atoms with van der Waals surface area (Å²) in [6, 6.07) is 14.0. The molecule has 4 aromatic rings. The maximum Gasteiger partial charge on any atom is 0.346 e. The Hall–Kier alpha value is -3.50. The van der Waals surface area contributed by atoms with Crippen LogP contribution >= 0.6 is 11.3 Å². The van der Waals surface area contributed by atoms with Crippen molar-refractivity contribution < 1.29 is 18.3 Å². The zero-order valence-electron chi connectivity index (χ0n) is 16.8. The second kappa shape index (κ2) is 8.21. The van der Waals surface area contributed by atoms with E-state index in [0.717, 1.165) is 42.3 Å². The standard InChI is InChI=1S/C22H18F2N4O3S/c23-21(24)16(8-25)9-28-22(29)27(11-26-28)10-17-5-15-2-1-14(7-20(15)32-17)13-3-4-18-19(6-13)31-12-30-18/h1-7,11H,8-10,12,25H2. The molecule has 164 valence electrons. The molecule has 32 heavy (non-hydrogen) atoms. The highest BCUT2D eigenvalue weighted by Gasteiger charge is 2.15. The molecule has 0 fully saturated rings. The summed E-state index contributed by atoms with van der Waals surface area (Å²) in [7, 11) is 0. The number of hydrogen-bond donors (Lipinski definition) is 1. The number of ether oxygens (including phenoxy) is 2. The fraction of sp³-hybridized carbons (Fsp3) is 0.182. The minimum absolute atomic E-state index is 0.231. The Morgan fingerprint density at radius 1 is 1.09 bits per heavy atom. The van der Waals surface area contributed by atoms with Gasteiger partial charge in [0.2, 0.25) is 6.79 Å². The van der Waals surface area contributed by atoms with E-state index in [0.29, 0.717) is 6.54 Å². The fourth-order valence-electron chi connectivity index (χ4n) is 3.56. The van der Waals surface area contributed by atoms with Crippen LogP contribution in [0.5, 0.6) is 11.5 Å². The Balaban J connectivity index is 1.39. The van der Waals surface area contributed by atoms with Gasteiger partial charge in [-0.05, 0) is 40.8 Å². The minimum Gasteiger partial charge on any atom is -0.454 e. The SMILES string of the molecule is NCC(Cn1ncn(Cc2cc3ccc(-c4ccc5c(c4)OCO5)cc3s2)c1=O)=C(F)F. The van der Waals surface area contributed by atoms with Crippen molar-refractivity contribution >= 4 is 21.4 Å². The molecule has 1 aliphatic heterocycles. The Labute approximate surface area is 184 Å². The van der Waals surface area contributed by atoms with E-state index in [9.17, 15) is 13.6 Å². The van der Waals surface area contributed by atoms with Crippen molar-refractivity contribution in [2.24, 2.45) is 5.73 Å². The van der Waals surface area contributed by atoms with Crippen LogP contribution in [0, 0.1) is 0 Å². The fourth-order valence-corrected chi connectivity index (χ4v) is 4.66. The summed E-state index contributed by atoms with van der Waals surface area (Å²) < 4.78 is 40.0. The third-order valence-electron chi connectivity index (χ3n) is 5.25. The average molecular weight is 456 g/mol. The molecule has 5 rings (SSSR count). The average Bonchev–Trinajstić information content (AvgIpc) is 3.50. The molecule has 2 aromatic heterocycles. The molecule has 7 nitrogen and oxygen atoms in total. The van der Waals surface area contributed by atoms with E-state index < -0.39 is 11.8 Å². The molecule has 0 amide bonds. The number of aromatic nitrogens is 3. The third-order valence-corrected chi connectivity index (χ3v) is 6.34. The van der Waals surface area contributed by atoms with Gasteiger partial charge in [-0.25, -0.2) is 9.48 Å². The molecule has 0 unspecified atom stereocenters. The van der Waals surface area contributed by atoms with Gasteiger partial charge in [-0.1, -0.05) is 18.2 Å². The molecule has 0 radical (unpaired) electrons. The van der Waals surface area contributed by atoms with Crippen LogP contribution in [-0.2, 0) is 13.1 Å². The summed E-state index contributed by atoms with van der Waals surface area (Å²) in [5.74, 6) is 1.47. The van der Waals surface area contributed by atoms with E-state index >= 15 is 0 Å². The van der Waals surface area contributed by atoms with E-state index in [4.69, 9.17) is 15.2 Å². The Morgan fingerprint density at radius 3 is 2.69 bits per heavy atom. The highest BCUT2D eigenvalue weighted by atomic mass is 32.1. The first-order chi connectivity index (χ1) is 15.5. The van der Waals surface area contributed by atoms with Crippen LogP contribution in [0.25, 0.3) is 21.2 Å². The monoisotopic (exact) mass is 456 g/mol. The quantitative estimate of drug-likeness (QED) is 0.477. The smallest absolute Gasteiger partial charge is 0.346 e. The van der Waals surface area contributed by atoms with E-state index in [-0.39, 0.29) is 25.5 Å². The lowest BCUT2D eigenvalue weighted by atomic mass is 10.0. The maximum absolute atomic E-state index is 12.8. The molecule has 1 aliphatic rings. The molecule has 0 atom stereocenters. The largest absolute Gasteiger partial charge is 0.454 e. The van der Waals surface area contributed by atoms with Crippen LogP contribution in [0.2, 0.25) is 0 Å². The van der Waals surface area contributed by atoms with Crippen LogP contribution in [0.15, 0.2) is 65.2 Å². The van der Waals surface area contributed by atoms with Crippen molar-refractivity contribution in [2.75, 3.05) is 13.3 Å². The second-order valence-electron chi connectivity index (χ2n) is 7.30. The summed E-state index contributed by atoms with van der Waals surface area (Å²) in [5, 5.41) is 5.00. The van der Waals surface area contributed by atoms with Crippen molar-refractivity contribution in [2.45, 2.75) is 13.1 Å². The topological polar surface area (TPSA) is 84.3 Å². The van der Waals surface area contributed by atoms with Crippen LogP contribution in [0.4, 0.5) is 8.78 Å². The Bertz CT molecular complexity index is 1400. The van der Waals surface area contributed by atoms with Crippen molar-refractivity contribution in [1.29, 1.82) is 0 Å². The van der Waals surface area contributed by atoms with Gasteiger partial charge in [-0.15, -0.1) is 11.3 Å². The first kappa shape index (κ1) is 20.4. The second-order valence-corrected chi connectivity index (χ2v) is 8.47. The molecule has 0 aliphatic carbocycles. The number of thiophene rings is 1. The normalized spacial score (nSPS) is 12.5. The van der Waals surface area contributed by atoms with Gasteiger partial charge >= 0.3 is 5.69 Å². The molecule has 3 heterocycles. The van der Waals surface area contributed by atoms with Crippen LogP contribution in [0.3, 0.4) is 0 Å². The number of rotatable bonds is 6. The molecule has 0 bridgehead atoms. The number of fused-ring (bicyclic) bond motifs is 2. The van der Waals surface area contributed by atoms with Gasteiger partial charge in [0.25, 0.3) is 6.08 Å². The molecule has 0 saturated heterocycles. The summed E-state index contributed by atoms with van der Waals surface area (Å²) in [6.45, 7) is -0.120. The van der Waals surface area contributed by atoms with Crippen molar-refractivity contribution in [3.05, 3.63) is 75.8 Å². The van der Waals surface area contributed by atoms with Gasteiger partial charge in [0.15, 0.2) is 11.5 Å². The highest BCUT2D eigenvalue weighted by molar-refractivity contribution is 7.19. The lowest BCUT2D eigenvalue weighted by Gasteiger charge is -2.03.